The van der Waals surface area contributed by atoms with Crippen LogP contribution >= 0.6 is 11.3 Å². The molecule has 0 spiro atoms. The molecule has 0 saturated carbocycles. The van der Waals surface area contributed by atoms with Gasteiger partial charge in [0.05, 0.1) is 11.2 Å². The van der Waals surface area contributed by atoms with Gasteiger partial charge in [-0.3, -0.25) is 0 Å². The van der Waals surface area contributed by atoms with E-state index in [1.165, 1.54) is 6.07 Å². The smallest absolute Gasteiger partial charge is 0.126 e. The highest BCUT2D eigenvalue weighted by atomic mass is 32.1. The molecule has 21 heavy (non-hydrogen) atoms. The van der Waals surface area contributed by atoms with Crippen LogP contribution in [0.15, 0.2) is 29.6 Å². The minimum absolute atomic E-state index is 0.0292. The second kappa shape index (κ2) is 5.85. The van der Waals surface area contributed by atoms with Crippen molar-refractivity contribution in [3.8, 4) is 0 Å². The molecule has 2 aromatic rings. The minimum Gasteiger partial charge on any atom is -0.308 e. The molecule has 0 amide bonds. The maximum atomic E-state index is 13.9. The van der Waals surface area contributed by atoms with Gasteiger partial charge in [0.2, 0.25) is 0 Å². The van der Waals surface area contributed by atoms with Crippen LogP contribution in [0.25, 0.3) is 0 Å². The summed E-state index contributed by atoms with van der Waals surface area (Å²) < 4.78 is 13.9. The lowest BCUT2D eigenvalue weighted by Gasteiger charge is -2.27. The van der Waals surface area contributed by atoms with Gasteiger partial charge in [0, 0.05) is 10.8 Å². The van der Waals surface area contributed by atoms with Crippen LogP contribution in [0.4, 0.5) is 4.39 Å². The van der Waals surface area contributed by atoms with Gasteiger partial charge < -0.3 is 5.32 Å². The quantitative estimate of drug-likeness (QED) is 0.913. The Morgan fingerprint density at radius 1 is 1.19 bits per heavy atom. The lowest BCUT2D eigenvalue weighted by Crippen LogP contribution is -2.39. The van der Waals surface area contributed by atoms with E-state index in [2.05, 4.69) is 38.4 Å². The molecule has 1 heterocycles. The van der Waals surface area contributed by atoms with Crippen molar-refractivity contribution in [2.45, 2.75) is 45.1 Å². The second-order valence-electron chi connectivity index (χ2n) is 6.64. The van der Waals surface area contributed by atoms with Crippen LogP contribution in [0, 0.1) is 5.82 Å². The average Bonchev–Trinajstić information content (AvgIpc) is 2.91. The van der Waals surface area contributed by atoms with Crippen LogP contribution in [0.5, 0.6) is 0 Å². The molecular weight excluding hydrogens is 283 g/mol. The molecule has 0 radical (unpaired) electrons. The van der Waals surface area contributed by atoms with E-state index in [1.807, 2.05) is 19.2 Å². The summed E-state index contributed by atoms with van der Waals surface area (Å²) in [5.41, 5.74) is 1.46. The highest BCUT2D eigenvalue weighted by Crippen LogP contribution is 2.32. The molecule has 114 valence electrons. The molecule has 2 rings (SSSR count). The molecule has 1 unspecified atom stereocenters. The number of nitrogens with one attached hydrogen (secondary N) is 1. The first kappa shape index (κ1) is 16.1. The number of rotatable bonds is 4. The van der Waals surface area contributed by atoms with E-state index in [9.17, 15) is 4.39 Å². The topological polar surface area (TPSA) is 24.9 Å². The molecule has 0 fully saturated rings. The summed E-state index contributed by atoms with van der Waals surface area (Å²) in [5.74, 6) is -0.161. The van der Waals surface area contributed by atoms with E-state index >= 15 is 0 Å². The van der Waals surface area contributed by atoms with E-state index in [0.29, 0.717) is 12.0 Å². The van der Waals surface area contributed by atoms with Crippen LogP contribution < -0.4 is 5.32 Å². The van der Waals surface area contributed by atoms with E-state index in [4.69, 9.17) is 4.98 Å². The Hall–Kier alpha value is -1.26. The van der Waals surface area contributed by atoms with Crippen molar-refractivity contribution < 1.29 is 4.39 Å². The first-order valence-corrected chi connectivity index (χ1v) is 8.03. The van der Waals surface area contributed by atoms with Gasteiger partial charge in [-0.25, -0.2) is 9.37 Å². The summed E-state index contributed by atoms with van der Waals surface area (Å²) in [6.45, 7) is 8.53. The zero-order valence-corrected chi connectivity index (χ0v) is 14.1. The number of aromatic nitrogens is 1. The Kier molecular flexibility index (Phi) is 4.49. The summed E-state index contributed by atoms with van der Waals surface area (Å²) in [4.78, 5) is 4.78. The Morgan fingerprint density at radius 3 is 2.38 bits per heavy atom. The van der Waals surface area contributed by atoms with Crippen LogP contribution in [-0.2, 0) is 17.4 Å². The number of hydrogen-bond donors (Lipinski definition) is 1. The summed E-state index contributed by atoms with van der Waals surface area (Å²) >= 11 is 1.64. The first-order valence-electron chi connectivity index (χ1n) is 7.15. The van der Waals surface area contributed by atoms with Crippen molar-refractivity contribution in [2.75, 3.05) is 7.05 Å². The van der Waals surface area contributed by atoms with Crippen molar-refractivity contribution >= 4 is 11.3 Å². The number of hydrogen-bond acceptors (Lipinski definition) is 3. The highest BCUT2D eigenvalue weighted by Gasteiger charge is 2.31. The standard InChI is InChI=1S/C17H23FN2S/c1-16(2,3)14-11-21-15(20-14)17(4,19-5)10-12-8-6-7-9-13(12)18/h6-9,11,19H,10H2,1-5H3. The average molecular weight is 306 g/mol. The predicted octanol–water partition coefficient (Wildman–Crippen LogP) is 4.26. The third kappa shape index (κ3) is 3.50. The third-order valence-corrected chi connectivity index (χ3v) is 4.90. The number of benzene rings is 1. The predicted molar refractivity (Wildman–Crippen MR) is 87.3 cm³/mol. The fourth-order valence-electron chi connectivity index (χ4n) is 2.17. The lowest BCUT2D eigenvalue weighted by molar-refractivity contribution is 0.386. The molecule has 1 aromatic carbocycles. The Bertz CT molecular complexity index is 615. The Morgan fingerprint density at radius 2 is 1.86 bits per heavy atom. The molecule has 1 aromatic heterocycles. The number of likely N-dealkylation sites (N-methyl/N-ethyl adjacent to an activating group) is 1. The molecule has 0 aliphatic carbocycles. The summed E-state index contributed by atoms with van der Waals surface area (Å²) in [7, 11) is 1.90. The fourth-order valence-corrected chi connectivity index (χ4v) is 3.38. The fraction of sp³-hybridized carbons (Fsp3) is 0.471. The number of halogens is 1. The summed E-state index contributed by atoms with van der Waals surface area (Å²) in [5, 5.41) is 6.42. The van der Waals surface area contributed by atoms with Crippen molar-refractivity contribution in [1.29, 1.82) is 0 Å². The summed E-state index contributed by atoms with van der Waals surface area (Å²) in [6.07, 6.45) is 0.577. The van der Waals surface area contributed by atoms with Gasteiger partial charge in [-0.15, -0.1) is 11.3 Å². The zero-order valence-electron chi connectivity index (χ0n) is 13.3. The van der Waals surface area contributed by atoms with Gasteiger partial charge in [-0.1, -0.05) is 39.0 Å². The SMILES string of the molecule is CNC(C)(Cc1ccccc1F)c1nc(C(C)(C)C)cs1. The van der Waals surface area contributed by atoms with Crippen LogP contribution in [0.2, 0.25) is 0 Å². The molecule has 0 saturated heterocycles. The molecule has 1 N–H and O–H groups in total. The largest absolute Gasteiger partial charge is 0.308 e. The van der Waals surface area contributed by atoms with Gasteiger partial charge in [0.15, 0.2) is 0 Å². The van der Waals surface area contributed by atoms with Gasteiger partial charge >= 0.3 is 0 Å². The lowest BCUT2D eigenvalue weighted by atomic mass is 9.91. The first-order chi connectivity index (χ1) is 9.76. The second-order valence-corrected chi connectivity index (χ2v) is 7.50. The number of thiazole rings is 1. The van der Waals surface area contributed by atoms with E-state index in [-0.39, 0.29) is 16.8 Å². The van der Waals surface area contributed by atoms with Crippen molar-refractivity contribution in [2.24, 2.45) is 0 Å². The Labute approximate surface area is 130 Å². The van der Waals surface area contributed by atoms with Gasteiger partial charge in [-0.05, 0) is 32.0 Å². The van der Waals surface area contributed by atoms with Crippen molar-refractivity contribution in [3.63, 3.8) is 0 Å². The minimum atomic E-state index is -0.365. The highest BCUT2D eigenvalue weighted by molar-refractivity contribution is 7.09. The maximum absolute atomic E-state index is 13.9. The maximum Gasteiger partial charge on any atom is 0.126 e. The van der Waals surface area contributed by atoms with Crippen molar-refractivity contribution in [1.82, 2.24) is 10.3 Å². The Balaban J connectivity index is 2.33. The normalized spacial score (nSPS) is 15.0. The van der Waals surface area contributed by atoms with E-state index in [0.717, 1.165) is 10.7 Å². The van der Waals surface area contributed by atoms with Gasteiger partial charge in [0.25, 0.3) is 0 Å². The van der Waals surface area contributed by atoms with E-state index < -0.39 is 0 Å². The molecule has 0 aliphatic rings. The monoisotopic (exact) mass is 306 g/mol. The van der Waals surface area contributed by atoms with Crippen LogP contribution in [0.1, 0.15) is 44.0 Å². The molecular formula is C17H23FN2S. The van der Waals surface area contributed by atoms with Gasteiger partial charge in [0.1, 0.15) is 10.8 Å². The molecule has 0 bridgehead atoms. The van der Waals surface area contributed by atoms with Crippen LogP contribution in [0.3, 0.4) is 0 Å². The third-order valence-electron chi connectivity index (χ3n) is 3.80. The molecule has 4 heteroatoms. The molecule has 2 nitrogen and oxygen atoms in total. The van der Waals surface area contributed by atoms with Gasteiger partial charge in [-0.2, -0.15) is 0 Å². The van der Waals surface area contributed by atoms with Crippen LogP contribution in [-0.4, -0.2) is 12.0 Å². The summed E-state index contributed by atoms with van der Waals surface area (Å²) in [6, 6.07) is 6.94. The number of nitrogens with zero attached hydrogens (tertiary/aromatic N) is 1. The molecule has 1 atom stereocenters. The molecule has 0 aliphatic heterocycles. The zero-order chi connectivity index (χ0) is 15.7. The van der Waals surface area contributed by atoms with E-state index in [1.54, 1.807) is 17.4 Å². The van der Waals surface area contributed by atoms with Crippen molar-refractivity contribution in [3.05, 3.63) is 51.7 Å².